The first-order valence-corrected chi connectivity index (χ1v) is 11.5. The van der Waals surface area contributed by atoms with Crippen molar-refractivity contribution in [2.24, 2.45) is 0 Å². The van der Waals surface area contributed by atoms with Gasteiger partial charge in [0, 0.05) is 23.8 Å². The molecule has 0 spiro atoms. The minimum atomic E-state index is -0.512. The van der Waals surface area contributed by atoms with E-state index in [1.807, 2.05) is 13.0 Å². The number of hydrogen-bond acceptors (Lipinski definition) is 8. The average Bonchev–Trinajstić information content (AvgIpc) is 3.33. The number of nitrogens with two attached hydrogens (primary N) is 1. The third-order valence-electron chi connectivity index (χ3n) is 5.42. The lowest BCUT2D eigenvalue weighted by molar-refractivity contribution is -0.116. The monoisotopic (exact) mass is 470 g/mol. The third kappa shape index (κ3) is 5.83. The summed E-state index contributed by atoms with van der Waals surface area (Å²) in [5.41, 5.74) is 9.53. The molecule has 0 radical (unpaired) electrons. The van der Waals surface area contributed by atoms with E-state index in [-0.39, 0.29) is 30.7 Å². The molecule has 2 aromatic heterocycles. The molecule has 174 valence electrons. The molecule has 0 saturated carbocycles. The zero-order chi connectivity index (χ0) is 23.4. The molecule has 0 bridgehead atoms. The van der Waals surface area contributed by atoms with Crippen LogP contribution in [0.1, 0.15) is 40.3 Å². The lowest BCUT2D eigenvalue weighted by atomic mass is 9.95. The highest BCUT2D eigenvalue weighted by Crippen LogP contribution is 2.40. The average molecular weight is 471 g/mol. The molecule has 1 aliphatic carbocycles. The van der Waals surface area contributed by atoms with Gasteiger partial charge in [-0.2, -0.15) is 0 Å². The summed E-state index contributed by atoms with van der Waals surface area (Å²) >= 11 is 1.43. The minimum absolute atomic E-state index is 0.140. The van der Waals surface area contributed by atoms with Crippen LogP contribution in [-0.4, -0.2) is 28.4 Å². The Morgan fingerprint density at radius 3 is 2.97 bits per heavy atom. The first-order chi connectivity index (χ1) is 15.9. The van der Waals surface area contributed by atoms with Crippen LogP contribution >= 0.6 is 11.3 Å². The maximum atomic E-state index is 12.4. The van der Waals surface area contributed by atoms with Crippen molar-refractivity contribution in [1.29, 1.82) is 0 Å². The standard InChI is InChI=1S/C23H26N4O5S/c1-13-9-17(32-27-13)12-25-23(30)31-16-6-7-18-19(11-16)33-22(21(18)24)26-20(29)8-5-14-3-2-4-15(28)10-14/h2-4,9-10,16,28H,5-8,11-12,24H2,1H3,(H,25,30)(H,26,29). The van der Waals surface area contributed by atoms with Gasteiger partial charge in [-0.15, -0.1) is 11.3 Å². The van der Waals surface area contributed by atoms with E-state index < -0.39 is 6.09 Å². The van der Waals surface area contributed by atoms with E-state index in [1.54, 1.807) is 24.3 Å². The van der Waals surface area contributed by atoms with Crippen LogP contribution in [0.5, 0.6) is 5.75 Å². The zero-order valence-corrected chi connectivity index (χ0v) is 19.0. The fraction of sp³-hybridized carbons (Fsp3) is 0.348. The molecular formula is C23H26N4O5S. The molecule has 0 fully saturated rings. The number of phenols is 1. The number of aromatic nitrogens is 1. The second-order valence-electron chi connectivity index (χ2n) is 8.02. The van der Waals surface area contributed by atoms with Gasteiger partial charge < -0.3 is 30.7 Å². The molecule has 3 aromatic rings. The van der Waals surface area contributed by atoms with Crippen LogP contribution in [0.3, 0.4) is 0 Å². The second kappa shape index (κ2) is 9.95. The van der Waals surface area contributed by atoms with Crippen LogP contribution in [0.4, 0.5) is 15.5 Å². The van der Waals surface area contributed by atoms with Crippen LogP contribution in [0, 0.1) is 6.92 Å². The van der Waals surface area contributed by atoms with Gasteiger partial charge in [0.15, 0.2) is 5.76 Å². The Labute approximate surface area is 194 Å². The Kier molecular flexibility index (Phi) is 6.83. The minimum Gasteiger partial charge on any atom is -0.508 e. The number of nitrogens with one attached hydrogen (secondary N) is 2. The Morgan fingerprint density at radius 2 is 2.21 bits per heavy atom. The number of amides is 2. The molecule has 1 aromatic carbocycles. The van der Waals surface area contributed by atoms with Crippen molar-refractivity contribution < 1.29 is 24.0 Å². The van der Waals surface area contributed by atoms with Crippen LogP contribution in [0.15, 0.2) is 34.9 Å². The van der Waals surface area contributed by atoms with Gasteiger partial charge in [0.25, 0.3) is 0 Å². The highest BCUT2D eigenvalue weighted by Gasteiger charge is 2.27. The smallest absolute Gasteiger partial charge is 0.407 e. The molecule has 0 saturated heterocycles. The lowest BCUT2D eigenvalue weighted by Gasteiger charge is -2.22. The van der Waals surface area contributed by atoms with Gasteiger partial charge >= 0.3 is 6.09 Å². The summed E-state index contributed by atoms with van der Waals surface area (Å²) in [5, 5.41) is 19.5. The molecule has 33 heavy (non-hydrogen) atoms. The fourth-order valence-corrected chi connectivity index (χ4v) is 5.03. The number of aryl methyl sites for hydroxylation is 2. The number of alkyl carbamates (subject to hydrolysis) is 1. The molecule has 1 unspecified atom stereocenters. The first kappa shape index (κ1) is 22.7. The van der Waals surface area contributed by atoms with Gasteiger partial charge in [-0.05, 0) is 49.4 Å². The summed E-state index contributed by atoms with van der Waals surface area (Å²) in [6, 6.07) is 8.61. The van der Waals surface area contributed by atoms with Crippen molar-refractivity contribution in [2.45, 2.75) is 51.7 Å². The van der Waals surface area contributed by atoms with Crippen LogP contribution in [-0.2, 0) is 35.3 Å². The number of nitrogens with zero attached hydrogens (tertiary/aromatic N) is 1. The number of carbonyl (C=O) groups excluding carboxylic acids is 2. The van der Waals surface area contributed by atoms with E-state index in [1.165, 1.54) is 11.3 Å². The van der Waals surface area contributed by atoms with Crippen molar-refractivity contribution >= 4 is 34.0 Å². The Morgan fingerprint density at radius 1 is 1.36 bits per heavy atom. The molecular weight excluding hydrogens is 444 g/mol. The first-order valence-electron chi connectivity index (χ1n) is 10.7. The van der Waals surface area contributed by atoms with Gasteiger partial charge in [0.2, 0.25) is 5.91 Å². The highest BCUT2D eigenvalue weighted by atomic mass is 32.1. The Hall–Kier alpha value is -3.53. The lowest BCUT2D eigenvalue weighted by Crippen LogP contribution is -2.31. The van der Waals surface area contributed by atoms with Gasteiger partial charge in [-0.25, -0.2) is 4.79 Å². The highest BCUT2D eigenvalue weighted by molar-refractivity contribution is 7.17. The van der Waals surface area contributed by atoms with E-state index in [0.29, 0.717) is 42.1 Å². The SMILES string of the molecule is Cc1cc(CNC(=O)OC2CCc3c(sc(NC(=O)CCc4cccc(O)c4)c3N)C2)on1. The van der Waals surface area contributed by atoms with Crippen molar-refractivity contribution in [3.05, 3.63) is 57.8 Å². The maximum Gasteiger partial charge on any atom is 0.407 e. The third-order valence-corrected chi connectivity index (χ3v) is 6.61. The summed E-state index contributed by atoms with van der Waals surface area (Å²) in [6.07, 6.45) is 1.91. The summed E-state index contributed by atoms with van der Waals surface area (Å²) < 4.78 is 10.6. The Balaban J connectivity index is 1.28. The number of phenolic OH excluding ortho intramolecular Hbond substituents is 1. The van der Waals surface area contributed by atoms with Crippen LogP contribution < -0.4 is 16.4 Å². The number of anilines is 2. The number of nitrogen functional groups attached to an aromatic ring is 1. The van der Waals surface area contributed by atoms with E-state index in [2.05, 4.69) is 15.8 Å². The summed E-state index contributed by atoms with van der Waals surface area (Å²) in [6.45, 7) is 2.02. The van der Waals surface area contributed by atoms with Crippen molar-refractivity contribution in [3.63, 3.8) is 0 Å². The summed E-state index contributed by atoms with van der Waals surface area (Å²) in [5.74, 6) is 0.603. The van der Waals surface area contributed by atoms with Crippen LogP contribution in [0.2, 0.25) is 0 Å². The largest absolute Gasteiger partial charge is 0.508 e. The van der Waals surface area contributed by atoms with Gasteiger partial charge in [-0.3, -0.25) is 4.79 Å². The van der Waals surface area contributed by atoms with E-state index in [9.17, 15) is 14.7 Å². The topological polar surface area (TPSA) is 140 Å². The van der Waals surface area contributed by atoms with Crippen molar-refractivity contribution in [1.82, 2.24) is 10.5 Å². The zero-order valence-electron chi connectivity index (χ0n) is 18.2. The molecule has 10 heteroatoms. The number of benzene rings is 1. The van der Waals surface area contributed by atoms with Crippen LogP contribution in [0.25, 0.3) is 0 Å². The van der Waals surface area contributed by atoms with Gasteiger partial charge in [0.05, 0.1) is 17.9 Å². The number of hydrogen-bond donors (Lipinski definition) is 4. The molecule has 2 amide bonds. The molecule has 1 atom stereocenters. The van der Waals surface area contributed by atoms with E-state index >= 15 is 0 Å². The molecule has 1 aliphatic rings. The quantitative estimate of drug-likeness (QED) is 0.413. The predicted molar refractivity (Wildman–Crippen MR) is 124 cm³/mol. The number of ether oxygens (including phenoxy) is 1. The number of rotatable bonds is 7. The number of aromatic hydroxyl groups is 1. The molecule has 0 aliphatic heterocycles. The summed E-state index contributed by atoms with van der Waals surface area (Å²) in [4.78, 5) is 25.6. The molecule has 2 heterocycles. The van der Waals surface area contributed by atoms with Crippen molar-refractivity contribution in [3.8, 4) is 5.75 Å². The normalized spacial score (nSPS) is 15.0. The van der Waals surface area contributed by atoms with Gasteiger partial charge in [0.1, 0.15) is 16.9 Å². The van der Waals surface area contributed by atoms with Crippen molar-refractivity contribution in [2.75, 3.05) is 11.1 Å². The van der Waals surface area contributed by atoms with Gasteiger partial charge in [-0.1, -0.05) is 17.3 Å². The molecule has 5 N–H and O–H groups in total. The molecule has 4 rings (SSSR count). The maximum absolute atomic E-state index is 12.4. The fourth-order valence-electron chi connectivity index (χ4n) is 3.78. The van der Waals surface area contributed by atoms with E-state index in [4.69, 9.17) is 15.0 Å². The predicted octanol–water partition coefficient (Wildman–Crippen LogP) is 3.69. The number of carbonyl (C=O) groups is 2. The number of fused-ring (bicyclic) bond motifs is 1. The second-order valence-corrected chi connectivity index (χ2v) is 9.13. The number of thiophene rings is 1. The Bertz CT molecular complexity index is 1160. The molecule has 9 nitrogen and oxygen atoms in total. The van der Waals surface area contributed by atoms with E-state index in [0.717, 1.165) is 21.7 Å². The summed E-state index contributed by atoms with van der Waals surface area (Å²) in [7, 11) is 0.